The van der Waals surface area contributed by atoms with Gasteiger partial charge in [0.25, 0.3) is 0 Å². The topological polar surface area (TPSA) is 121 Å². The Hall–Kier alpha value is -2.96. The molecular formula is C38H48Cl2N4O6S. The second-order valence-corrected chi connectivity index (χ2v) is 16.0. The highest BCUT2D eigenvalue weighted by molar-refractivity contribution is 7.09. The number of halogens is 2. The number of rotatable bonds is 12. The number of carbonyl (C=O) groups excluding carboxylic acids is 3. The van der Waals surface area contributed by atoms with Gasteiger partial charge in [0, 0.05) is 77.2 Å². The summed E-state index contributed by atoms with van der Waals surface area (Å²) in [6.07, 6.45) is 9.76. The molecule has 2 saturated carbocycles. The number of ether oxygens (including phenoxy) is 2. The highest BCUT2D eigenvalue weighted by atomic mass is 35.5. The van der Waals surface area contributed by atoms with Crippen molar-refractivity contribution in [1.82, 2.24) is 20.1 Å². The minimum Gasteiger partial charge on any atom is -0.466 e. The number of piperazine rings is 1. The molecule has 2 N–H and O–H groups in total. The van der Waals surface area contributed by atoms with Gasteiger partial charge in [-0.1, -0.05) is 49.0 Å². The Morgan fingerprint density at radius 1 is 0.980 bits per heavy atom. The van der Waals surface area contributed by atoms with E-state index in [2.05, 4.69) is 22.1 Å². The van der Waals surface area contributed by atoms with Gasteiger partial charge in [0.2, 0.25) is 5.91 Å². The number of methoxy groups -OCH3 is 2. The van der Waals surface area contributed by atoms with E-state index >= 15 is 0 Å². The van der Waals surface area contributed by atoms with Gasteiger partial charge in [-0.3, -0.25) is 9.69 Å². The third-order valence-corrected chi connectivity index (χ3v) is 13.0. The van der Waals surface area contributed by atoms with Crippen LogP contribution in [0.3, 0.4) is 0 Å². The zero-order valence-corrected chi connectivity index (χ0v) is 31.9. The first-order chi connectivity index (χ1) is 24.6. The molecule has 13 heteroatoms. The van der Waals surface area contributed by atoms with Crippen molar-refractivity contribution < 1.29 is 29.0 Å². The minimum absolute atomic E-state index is 0.0890. The van der Waals surface area contributed by atoms with Crippen LogP contribution in [0.4, 0.5) is 0 Å². The molecule has 51 heavy (non-hydrogen) atoms. The molecule has 2 aliphatic carbocycles. The number of hydrogen-bond acceptors (Lipinski definition) is 10. The Balaban J connectivity index is 1.24. The summed E-state index contributed by atoms with van der Waals surface area (Å²) >= 11 is 15.0. The second kappa shape index (κ2) is 16.4. The lowest BCUT2D eigenvalue weighted by molar-refractivity contribution is -0.137. The predicted octanol–water partition coefficient (Wildman–Crippen LogP) is 6.27. The van der Waals surface area contributed by atoms with E-state index in [-0.39, 0.29) is 33.5 Å². The quantitative estimate of drug-likeness (QED) is 0.242. The molecule has 3 heterocycles. The molecular weight excluding hydrogens is 711 g/mol. The smallest absolute Gasteiger partial charge is 0.336 e. The van der Waals surface area contributed by atoms with Gasteiger partial charge in [-0.2, -0.15) is 0 Å². The number of esters is 2. The van der Waals surface area contributed by atoms with E-state index in [1.165, 1.54) is 25.6 Å². The van der Waals surface area contributed by atoms with Crippen molar-refractivity contribution >= 4 is 52.4 Å². The molecule has 10 nitrogen and oxygen atoms in total. The van der Waals surface area contributed by atoms with Gasteiger partial charge in [-0.15, -0.1) is 11.3 Å². The summed E-state index contributed by atoms with van der Waals surface area (Å²) < 4.78 is 10.5. The summed E-state index contributed by atoms with van der Waals surface area (Å²) in [6.45, 7) is 4.81. The maximum absolute atomic E-state index is 14.1. The number of unbranched alkanes of at least 4 members (excludes halogenated alkanes) is 1. The largest absolute Gasteiger partial charge is 0.466 e. The second-order valence-electron chi connectivity index (χ2n) is 14.2. The zero-order valence-electron chi connectivity index (χ0n) is 29.6. The summed E-state index contributed by atoms with van der Waals surface area (Å²) in [5.74, 6) is -1.85. The number of aromatic nitrogens is 1. The van der Waals surface area contributed by atoms with Crippen LogP contribution in [0.2, 0.25) is 10.0 Å². The number of amides is 1. The lowest BCUT2D eigenvalue weighted by Gasteiger charge is -2.48. The van der Waals surface area contributed by atoms with Gasteiger partial charge in [0.05, 0.1) is 48.3 Å². The van der Waals surface area contributed by atoms with Crippen molar-refractivity contribution in [2.75, 3.05) is 40.4 Å². The lowest BCUT2D eigenvalue weighted by atomic mass is 9.69. The summed E-state index contributed by atoms with van der Waals surface area (Å²) in [4.78, 5) is 50.1. The fourth-order valence-electron chi connectivity index (χ4n) is 8.93. The molecule has 1 amide bonds. The minimum atomic E-state index is -1.05. The monoisotopic (exact) mass is 758 g/mol. The summed E-state index contributed by atoms with van der Waals surface area (Å²) in [5, 5.41) is 18.2. The molecule has 4 aliphatic rings. The summed E-state index contributed by atoms with van der Waals surface area (Å²) in [7, 11) is 2.55. The number of aliphatic hydroxyl groups is 1. The van der Waals surface area contributed by atoms with Crippen LogP contribution in [-0.4, -0.2) is 89.8 Å². The van der Waals surface area contributed by atoms with Gasteiger partial charge >= 0.3 is 11.9 Å². The fraction of sp³-hybridized carbons (Fsp3) is 0.579. The molecule has 2 aromatic rings. The molecule has 3 atom stereocenters. The fourth-order valence-corrected chi connectivity index (χ4v) is 10.2. The van der Waals surface area contributed by atoms with E-state index in [1.807, 2.05) is 10.3 Å². The van der Waals surface area contributed by atoms with Crippen LogP contribution in [0.15, 0.2) is 52.3 Å². The Morgan fingerprint density at radius 3 is 2.18 bits per heavy atom. The number of nitrogens with zero attached hydrogens (tertiary/aromatic N) is 3. The highest BCUT2D eigenvalue weighted by Crippen LogP contribution is 2.53. The van der Waals surface area contributed by atoms with E-state index in [9.17, 15) is 19.5 Å². The average molecular weight is 760 g/mol. The van der Waals surface area contributed by atoms with Gasteiger partial charge in [-0.25, -0.2) is 14.6 Å². The first-order valence-corrected chi connectivity index (χ1v) is 19.7. The van der Waals surface area contributed by atoms with Crippen molar-refractivity contribution in [3.05, 3.63) is 72.9 Å². The number of carbonyl (C=O) groups is 3. The molecule has 3 unspecified atom stereocenters. The van der Waals surface area contributed by atoms with E-state index in [0.717, 1.165) is 63.0 Å². The Bertz CT molecular complexity index is 1640. The lowest BCUT2D eigenvalue weighted by Crippen LogP contribution is -2.56. The van der Waals surface area contributed by atoms with E-state index in [0.29, 0.717) is 60.8 Å². The predicted molar refractivity (Wildman–Crippen MR) is 197 cm³/mol. The summed E-state index contributed by atoms with van der Waals surface area (Å²) in [6, 6.07) is 5.41. The summed E-state index contributed by atoms with van der Waals surface area (Å²) in [5.41, 5.74) is 0.951. The van der Waals surface area contributed by atoms with Gasteiger partial charge in [0.1, 0.15) is 0 Å². The Labute approximate surface area is 314 Å². The standard InChI is InChI=1S/C38H48Cl2N4O6S/c1-4-5-13-38(48)23-9-10-24(38)21-25(20-23)43-15-17-44(18-16-43)31(45)22-29-34(37(47)50-3)35(32-26(39)7-6-8-27(32)40)33(36(46)49-2)28(42-29)11-12-30-41-14-19-51-30/h6-8,14,19,23-25,35,42,48H,4-5,9-13,15-18,20-22H2,1-3H3. The maximum atomic E-state index is 14.1. The normalized spacial score (nSPS) is 26.7. The number of benzene rings is 1. The molecule has 1 saturated heterocycles. The molecule has 6 rings (SSSR count). The first kappa shape index (κ1) is 37.8. The van der Waals surface area contributed by atoms with Crippen molar-refractivity contribution in [3.8, 4) is 0 Å². The first-order valence-electron chi connectivity index (χ1n) is 18.1. The maximum Gasteiger partial charge on any atom is 0.336 e. The molecule has 1 aromatic heterocycles. The molecule has 0 radical (unpaired) electrons. The number of hydrogen-bond donors (Lipinski definition) is 2. The van der Waals surface area contributed by atoms with Gasteiger partial charge in [0.15, 0.2) is 0 Å². The van der Waals surface area contributed by atoms with Crippen molar-refractivity contribution in [1.29, 1.82) is 0 Å². The van der Waals surface area contributed by atoms with Crippen LogP contribution in [0.25, 0.3) is 0 Å². The van der Waals surface area contributed by atoms with Gasteiger partial charge < -0.3 is 24.8 Å². The number of nitrogens with one attached hydrogen (secondary N) is 1. The van der Waals surface area contributed by atoms with Crippen LogP contribution < -0.4 is 5.32 Å². The average Bonchev–Trinajstić information content (AvgIpc) is 3.69. The van der Waals surface area contributed by atoms with Gasteiger partial charge in [-0.05, 0) is 62.5 Å². The SMILES string of the molecule is CCCCC1(O)C2CCC1CC(N1CCN(C(=O)CC3=C(C(=O)OC)C(c4c(Cl)cccc4Cl)C(C(=O)OC)=C(CCc4nccs4)N3)CC1)C2. The number of dihydropyridines is 1. The van der Waals surface area contributed by atoms with Crippen LogP contribution in [0.1, 0.15) is 81.2 Å². The molecule has 1 aromatic carbocycles. The number of aryl methyl sites for hydroxylation is 1. The third-order valence-electron chi connectivity index (χ3n) is 11.5. The van der Waals surface area contributed by atoms with Crippen LogP contribution >= 0.6 is 34.5 Å². The number of fused-ring (bicyclic) bond motifs is 2. The molecule has 2 bridgehead atoms. The van der Waals surface area contributed by atoms with Crippen molar-refractivity contribution in [2.45, 2.75) is 88.7 Å². The number of allylic oxidation sites excluding steroid dienone is 1. The zero-order chi connectivity index (χ0) is 36.3. The van der Waals surface area contributed by atoms with E-state index in [4.69, 9.17) is 32.7 Å². The molecule has 3 fully saturated rings. The number of thiazole rings is 1. The van der Waals surface area contributed by atoms with Crippen molar-refractivity contribution in [3.63, 3.8) is 0 Å². The Morgan fingerprint density at radius 2 is 1.61 bits per heavy atom. The van der Waals surface area contributed by atoms with Crippen molar-refractivity contribution in [2.24, 2.45) is 11.8 Å². The van der Waals surface area contributed by atoms with E-state index < -0.39 is 23.5 Å². The highest BCUT2D eigenvalue weighted by Gasteiger charge is 2.53. The van der Waals surface area contributed by atoms with Crippen LogP contribution in [-0.2, 0) is 30.3 Å². The van der Waals surface area contributed by atoms with E-state index in [1.54, 1.807) is 24.4 Å². The van der Waals surface area contributed by atoms with Crippen LogP contribution in [0.5, 0.6) is 0 Å². The molecule has 0 spiro atoms. The Kier molecular flexibility index (Phi) is 12.1. The molecule has 2 aliphatic heterocycles. The molecule has 276 valence electrons. The third kappa shape index (κ3) is 7.74. The van der Waals surface area contributed by atoms with Crippen LogP contribution in [0, 0.1) is 11.8 Å².